The lowest BCUT2D eigenvalue weighted by Crippen LogP contribution is -2.37. The van der Waals surface area contributed by atoms with E-state index in [1.54, 1.807) is 57.4 Å². The van der Waals surface area contributed by atoms with Crippen molar-refractivity contribution in [1.82, 2.24) is 10.3 Å². The van der Waals surface area contributed by atoms with Crippen LogP contribution in [0.1, 0.15) is 43.9 Å². The van der Waals surface area contributed by atoms with Gasteiger partial charge in [0.15, 0.2) is 0 Å². The van der Waals surface area contributed by atoms with Crippen LogP contribution in [0.4, 0.5) is 10.5 Å². The number of hydrogen-bond donors (Lipinski definition) is 3. The van der Waals surface area contributed by atoms with Crippen molar-refractivity contribution in [2.24, 2.45) is 0 Å². The number of benzene rings is 3. The van der Waals surface area contributed by atoms with Gasteiger partial charge in [0, 0.05) is 30.0 Å². The van der Waals surface area contributed by atoms with E-state index in [1.807, 2.05) is 54.6 Å². The third-order valence-corrected chi connectivity index (χ3v) is 5.95. The molecule has 0 saturated heterocycles. The number of nitrogens with one attached hydrogen (secondary N) is 2. The number of nitrogens with zero attached hydrogens (tertiary/aromatic N) is 1. The highest BCUT2D eigenvalue weighted by Crippen LogP contribution is 2.24. The van der Waals surface area contributed by atoms with Gasteiger partial charge in [-0.25, -0.2) is 4.79 Å². The maximum atomic E-state index is 13.4. The Kier molecular flexibility index (Phi) is 8.78. The lowest BCUT2D eigenvalue weighted by molar-refractivity contribution is -0.117. The molecule has 2 atom stereocenters. The number of aliphatic hydroxyl groups excluding tert-OH is 1. The fraction of sp³-hybridized carbons (Fsp3) is 0.258. The monoisotopic (exact) mass is 527 g/mol. The second kappa shape index (κ2) is 12.4. The number of pyridine rings is 1. The summed E-state index contributed by atoms with van der Waals surface area (Å²) in [6, 6.07) is 23.8. The summed E-state index contributed by atoms with van der Waals surface area (Å²) in [5.74, 6) is -0.432. The molecule has 1 aromatic heterocycles. The van der Waals surface area contributed by atoms with Gasteiger partial charge >= 0.3 is 6.09 Å². The number of carbonyl (C=O) groups excluding carboxylic acids is 2. The van der Waals surface area contributed by atoms with Gasteiger partial charge in [-0.15, -0.1) is 0 Å². The molecule has 0 radical (unpaired) electrons. The van der Waals surface area contributed by atoms with Crippen LogP contribution >= 0.6 is 0 Å². The molecular weight excluding hydrogens is 494 g/mol. The van der Waals surface area contributed by atoms with E-state index in [4.69, 9.17) is 9.47 Å². The Hall–Kier alpha value is -4.43. The van der Waals surface area contributed by atoms with E-state index in [2.05, 4.69) is 15.6 Å². The van der Waals surface area contributed by atoms with Gasteiger partial charge in [0.05, 0.1) is 5.92 Å². The molecule has 4 rings (SSSR count). The first-order chi connectivity index (χ1) is 18.7. The molecule has 202 valence electrons. The number of ether oxygens (including phenoxy) is 2. The van der Waals surface area contributed by atoms with Gasteiger partial charge in [0.25, 0.3) is 0 Å². The molecule has 4 aromatic rings. The van der Waals surface area contributed by atoms with Gasteiger partial charge in [-0.1, -0.05) is 48.5 Å². The third kappa shape index (κ3) is 8.02. The first-order valence-corrected chi connectivity index (χ1v) is 12.8. The van der Waals surface area contributed by atoms with Gasteiger partial charge in [-0.05, 0) is 67.6 Å². The van der Waals surface area contributed by atoms with E-state index in [1.165, 1.54) is 0 Å². The van der Waals surface area contributed by atoms with Crippen molar-refractivity contribution in [2.75, 3.05) is 18.5 Å². The highest BCUT2D eigenvalue weighted by molar-refractivity contribution is 5.98. The van der Waals surface area contributed by atoms with E-state index in [0.717, 1.165) is 16.3 Å². The van der Waals surface area contributed by atoms with Gasteiger partial charge in [0.2, 0.25) is 5.91 Å². The fourth-order valence-corrected chi connectivity index (χ4v) is 3.99. The molecule has 0 aliphatic carbocycles. The summed E-state index contributed by atoms with van der Waals surface area (Å²) in [4.78, 5) is 29.9. The Balaban J connectivity index is 1.47. The van der Waals surface area contributed by atoms with Crippen molar-refractivity contribution in [3.05, 3.63) is 102 Å². The van der Waals surface area contributed by atoms with E-state index in [9.17, 15) is 14.7 Å². The summed E-state index contributed by atoms with van der Waals surface area (Å²) in [5, 5.41) is 18.0. The minimum atomic E-state index is -0.764. The number of rotatable bonds is 9. The molecular formula is C31H33N3O5. The van der Waals surface area contributed by atoms with Crippen molar-refractivity contribution in [3.63, 3.8) is 0 Å². The molecule has 39 heavy (non-hydrogen) atoms. The van der Waals surface area contributed by atoms with Crippen LogP contribution in [0, 0.1) is 0 Å². The van der Waals surface area contributed by atoms with Crippen LogP contribution in [-0.2, 0) is 9.53 Å². The largest absolute Gasteiger partial charge is 0.491 e. The number of anilines is 1. The number of aliphatic hydroxyl groups is 1. The zero-order valence-electron chi connectivity index (χ0n) is 22.3. The van der Waals surface area contributed by atoms with Gasteiger partial charge in [0.1, 0.15) is 24.1 Å². The van der Waals surface area contributed by atoms with Crippen LogP contribution in [0.5, 0.6) is 5.75 Å². The summed E-state index contributed by atoms with van der Waals surface area (Å²) < 4.78 is 11.1. The molecule has 0 saturated carbocycles. The average Bonchev–Trinajstić information content (AvgIpc) is 2.92. The van der Waals surface area contributed by atoms with Crippen LogP contribution in [0.3, 0.4) is 0 Å². The number of carbonyl (C=O) groups is 2. The maximum Gasteiger partial charge on any atom is 0.407 e. The molecule has 0 fully saturated rings. The zero-order valence-corrected chi connectivity index (χ0v) is 22.3. The smallest absolute Gasteiger partial charge is 0.407 e. The zero-order chi connectivity index (χ0) is 27.8. The summed E-state index contributed by atoms with van der Waals surface area (Å²) >= 11 is 0. The lowest BCUT2D eigenvalue weighted by atomic mass is 9.97. The van der Waals surface area contributed by atoms with Gasteiger partial charge in [-0.3, -0.25) is 9.78 Å². The minimum Gasteiger partial charge on any atom is -0.491 e. The van der Waals surface area contributed by atoms with E-state index >= 15 is 0 Å². The summed E-state index contributed by atoms with van der Waals surface area (Å²) in [6.07, 6.45) is 2.09. The van der Waals surface area contributed by atoms with Gasteiger partial charge < -0.3 is 25.2 Å². The Bertz CT molecular complexity index is 1400. The topological polar surface area (TPSA) is 110 Å². The number of aromatic nitrogens is 1. The Labute approximate surface area is 228 Å². The molecule has 3 N–H and O–H groups in total. The first-order valence-electron chi connectivity index (χ1n) is 12.8. The first kappa shape index (κ1) is 27.6. The Morgan fingerprint density at radius 1 is 0.923 bits per heavy atom. The predicted molar refractivity (Wildman–Crippen MR) is 151 cm³/mol. The predicted octanol–water partition coefficient (Wildman–Crippen LogP) is 5.59. The molecule has 0 spiro atoms. The third-order valence-electron chi connectivity index (χ3n) is 5.95. The fourth-order valence-electron chi connectivity index (χ4n) is 3.99. The van der Waals surface area contributed by atoms with Crippen LogP contribution in [0.15, 0.2) is 91.3 Å². The molecule has 2 unspecified atom stereocenters. The summed E-state index contributed by atoms with van der Waals surface area (Å²) in [7, 11) is 0. The number of hydrogen-bond acceptors (Lipinski definition) is 6. The molecule has 2 amide bonds. The molecule has 0 aliphatic heterocycles. The molecule has 0 aliphatic rings. The van der Waals surface area contributed by atoms with E-state index in [0.29, 0.717) is 17.0 Å². The SMILES string of the molecule is CC(C)(C)OC(=O)NCC(C(=O)Nc1ccc2cnccc2c1)c1ccc(OCC(O)c2ccccc2)cc1. The van der Waals surface area contributed by atoms with Crippen LogP contribution < -0.4 is 15.4 Å². The second-order valence-electron chi connectivity index (χ2n) is 10.2. The summed E-state index contributed by atoms with van der Waals surface area (Å²) in [6.45, 7) is 5.45. The Morgan fingerprint density at radius 3 is 2.38 bits per heavy atom. The van der Waals surface area contributed by atoms with Crippen LogP contribution in [0.25, 0.3) is 10.8 Å². The van der Waals surface area contributed by atoms with Crippen molar-refractivity contribution < 1.29 is 24.2 Å². The lowest BCUT2D eigenvalue weighted by Gasteiger charge is -2.22. The molecule has 8 heteroatoms. The highest BCUT2D eigenvalue weighted by atomic mass is 16.6. The highest BCUT2D eigenvalue weighted by Gasteiger charge is 2.24. The Morgan fingerprint density at radius 2 is 1.67 bits per heavy atom. The molecule has 0 bridgehead atoms. The van der Waals surface area contributed by atoms with Crippen LogP contribution in [0.2, 0.25) is 0 Å². The number of alkyl carbamates (subject to hydrolysis) is 1. The van der Waals surface area contributed by atoms with Crippen LogP contribution in [-0.4, -0.2) is 40.8 Å². The van der Waals surface area contributed by atoms with E-state index < -0.39 is 23.7 Å². The minimum absolute atomic E-state index is 0.0329. The van der Waals surface area contributed by atoms with Crippen molar-refractivity contribution in [2.45, 2.75) is 38.4 Å². The van der Waals surface area contributed by atoms with E-state index in [-0.39, 0.29) is 19.1 Å². The van der Waals surface area contributed by atoms with Crippen molar-refractivity contribution in [1.29, 1.82) is 0 Å². The van der Waals surface area contributed by atoms with Crippen molar-refractivity contribution in [3.8, 4) is 5.75 Å². The van der Waals surface area contributed by atoms with Crippen molar-refractivity contribution >= 4 is 28.5 Å². The summed E-state index contributed by atoms with van der Waals surface area (Å²) in [5.41, 5.74) is 1.43. The molecule has 1 heterocycles. The van der Waals surface area contributed by atoms with Gasteiger partial charge in [-0.2, -0.15) is 0 Å². The quantitative estimate of drug-likeness (QED) is 0.262. The molecule has 3 aromatic carbocycles. The molecule has 8 nitrogen and oxygen atoms in total. The standard InChI is InChI=1S/C31H33N3O5/c1-31(2,3)39-30(37)33-19-27(29(36)34-25-12-9-24-18-32-16-15-23(24)17-25)21-10-13-26(14-11-21)38-20-28(35)22-7-5-4-6-8-22/h4-18,27-28,35H,19-20H2,1-3H3,(H,33,37)(H,34,36). The maximum absolute atomic E-state index is 13.4. The number of fused-ring (bicyclic) bond motifs is 1. The second-order valence-corrected chi connectivity index (χ2v) is 10.2. The normalized spacial score (nSPS) is 12.8. The average molecular weight is 528 g/mol. The number of amides is 2.